The molecule has 4 heteroatoms. The fourth-order valence-corrected chi connectivity index (χ4v) is 4.11. The van der Waals surface area contributed by atoms with Crippen molar-refractivity contribution in [3.05, 3.63) is 53.6 Å². The normalized spacial score (nSPS) is 11.9. The Morgan fingerprint density at radius 1 is 1.03 bits per heavy atom. The molecule has 2 aromatic carbocycles. The molecule has 2 aromatic rings. The molecular weight excluding hydrogens is 436 g/mol. The summed E-state index contributed by atoms with van der Waals surface area (Å²) in [5.74, 6) is 0.305. The van der Waals surface area contributed by atoms with Crippen LogP contribution < -0.4 is 4.74 Å². The number of aryl methyl sites for hydroxylation is 1. The Kier molecular flexibility index (Phi) is 9.60. The van der Waals surface area contributed by atoms with Crippen molar-refractivity contribution in [1.82, 2.24) is 0 Å². The Balaban J connectivity index is 2.54. The van der Waals surface area contributed by atoms with Gasteiger partial charge in [-0.15, -0.1) is 0 Å². The van der Waals surface area contributed by atoms with E-state index in [4.69, 9.17) is 9.47 Å². The van der Waals surface area contributed by atoms with Gasteiger partial charge >= 0.3 is 5.97 Å². The first-order valence-electron chi connectivity index (χ1n) is 12.7. The van der Waals surface area contributed by atoms with Gasteiger partial charge in [-0.1, -0.05) is 82.4 Å². The molecule has 35 heavy (non-hydrogen) atoms. The first-order chi connectivity index (χ1) is 16.3. The molecule has 0 atom stereocenters. The predicted octanol–water partition coefficient (Wildman–Crippen LogP) is 8.57. The van der Waals surface area contributed by atoms with Gasteiger partial charge in [0.2, 0.25) is 6.79 Å². The van der Waals surface area contributed by atoms with E-state index in [1.807, 2.05) is 44.2 Å². The smallest absolute Gasteiger partial charge is 0.314 e. The molecule has 0 amide bonds. The van der Waals surface area contributed by atoms with Gasteiger partial charge in [-0.25, -0.2) is 0 Å². The molecule has 0 saturated carbocycles. The van der Waals surface area contributed by atoms with E-state index in [-0.39, 0.29) is 23.9 Å². The van der Waals surface area contributed by atoms with E-state index < -0.39 is 5.41 Å². The minimum absolute atomic E-state index is 0.145. The van der Waals surface area contributed by atoms with Crippen LogP contribution in [0, 0.1) is 12.3 Å². The second-order valence-electron chi connectivity index (χ2n) is 11.3. The van der Waals surface area contributed by atoms with Crippen molar-refractivity contribution in [1.29, 1.82) is 0 Å². The second-order valence-corrected chi connectivity index (χ2v) is 11.3. The summed E-state index contributed by atoms with van der Waals surface area (Å²) >= 11 is 0. The average Bonchev–Trinajstić information content (AvgIpc) is 2.75. The first kappa shape index (κ1) is 28.5. The van der Waals surface area contributed by atoms with Crippen molar-refractivity contribution in [2.45, 2.75) is 92.9 Å². The Bertz CT molecular complexity index is 1040. The molecule has 0 aliphatic carbocycles. The molecule has 0 bridgehead atoms. The molecule has 0 radical (unpaired) electrons. The highest BCUT2D eigenvalue weighted by Crippen LogP contribution is 2.45. The van der Waals surface area contributed by atoms with E-state index in [0.29, 0.717) is 11.3 Å². The topological polar surface area (TPSA) is 55.8 Å². The number of allylic oxidation sites excluding steroid dienone is 1. The highest BCUT2D eigenvalue weighted by Gasteiger charge is 2.27. The van der Waals surface area contributed by atoms with E-state index in [1.165, 1.54) is 19.3 Å². The van der Waals surface area contributed by atoms with E-state index >= 15 is 0 Å². The lowest BCUT2D eigenvalue weighted by Gasteiger charge is -2.28. The molecule has 0 unspecified atom stereocenters. The van der Waals surface area contributed by atoms with Crippen molar-refractivity contribution in [2.75, 3.05) is 6.79 Å². The van der Waals surface area contributed by atoms with Crippen molar-refractivity contribution in [2.24, 2.45) is 5.41 Å². The maximum atomic E-state index is 12.3. The largest absolute Gasteiger partial charge is 0.507 e. The number of rotatable bonds is 11. The summed E-state index contributed by atoms with van der Waals surface area (Å²) in [5.41, 5.74) is 4.56. The SMILES string of the molecule is C=C(C)c1ccc(C)cc1-c1c(O)cc(C(C)(C)CCCCCC)cc1OCOC(=O)C(C)(C)C. The molecule has 1 N–H and O–H groups in total. The van der Waals surface area contributed by atoms with Crippen LogP contribution in [0.15, 0.2) is 36.9 Å². The molecule has 192 valence electrons. The fraction of sp³-hybridized carbons (Fsp3) is 0.516. The molecule has 0 spiro atoms. The standard InChI is InChI=1S/C31H44O4/c1-10-11-12-13-16-31(8,9)23-18-26(32)28(25-17-22(4)14-15-24(25)21(2)3)27(19-23)34-20-35-29(33)30(5,6)7/h14-15,17-19,32H,2,10-13,16,20H2,1,3-9H3. The summed E-state index contributed by atoms with van der Waals surface area (Å²) in [4.78, 5) is 12.3. The zero-order valence-electron chi connectivity index (χ0n) is 23.0. The highest BCUT2D eigenvalue weighted by molar-refractivity contribution is 5.86. The number of esters is 1. The van der Waals surface area contributed by atoms with Crippen molar-refractivity contribution < 1.29 is 19.4 Å². The highest BCUT2D eigenvalue weighted by atomic mass is 16.7. The van der Waals surface area contributed by atoms with Gasteiger partial charge < -0.3 is 14.6 Å². The lowest BCUT2D eigenvalue weighted by molar-refractivity contribution is -0.159. The van der Waals surface area contributed by atoms with Crippen molar-refractivity contribution in [3.8, 4) is 22.6 Å². The third kappa shape index (κ3) is 7.62. The molecule has 0 aliphatic rings. The van der Waals surface area contributed by atoms with Crippen LogP contribution in [0.3, 0.4) is 0 Å². The number of carbonyl (C=O) groups is 1. The summed E-state index contributed by atoms with van der Waals surface area (Å²) in [6.45, 7) is 19.9. The van der Waals surface area contributed by atoms with Gasteiger partial charge in [-0.05, 0) is 75.3 Å². The zero-order valence-corrected chi connectivity index (χ0v) is 23.0. The number of hydrogen-bond donors (Lipinski definition) is 1. The van der Waals surface area contributed by atoms with Crippen LogP contribution in [0.4, 0.5) is 0 Å². The Labute approximate surface area is 212 Å². The van der Waals surface area contributed by atoms with E-state index in [0.717, 1.165) is 40.7 Å². The number of ether oxygens (including phenoxy) is 2. The zero-order chi connectivity index (χ0) is 26.4. The molecule has 0 heterocycles. The molecule has 0 saturated heterocycles. The molecule has 0 aliphatic heterocycles. The minimum Gasteiger partial charge on any atom is -0.507 e. The maximum Gasteiger partial charge on any atom is 0.314 e. The average molecular weight is 481 g/mol. The number of phenols is 1. The molecule has 0 aromatic heterocycles. The number of benzene rings is 2. The number of phenolic OH excluding ortho intramolecular Hbond substituents is 1. The first-order valence-corrected chi connectivity index (χ1v) is 12.7. The predicted molar refractivity (Wildman–Crippen MR) is 146 cm³/mol. The summed E-state index contributed by atoms with van der Waals surface area (Å²) in [5, 5.41) is 11.3. The van der Waals surface area contributed by atoms with Gasteiger partial charge in [0.05, 0.1) is 11.0 Å². The number of unbranched alkanes of at least 4 members (excludes halogenated alkanes) is 3. The van der Waals surface area contributed by atoms with Crippen molar-refractivity contribution in [3.63, 3.8) is 0 Å². The van der Waals surface area contributed by atoms with Gasteiger partial charge in [0.15, 0.2) is 0 Å². The van der Waals surface area contributed by atoms with Crippen LogP contribution in [0.2, 0.25) is 0 Å². The van der Waals surface area contributed by atoms with Crippen LogP contribution in [0.1, 0.15) is 97.3 Å². The third-order valence-electron chi connectivity index (χ3n) is 6.44. The van der Waals surface area contributed by atoms with Crippen LogP contribution >= 0.6 is 0 Å². The van der Waals surface area contributed by atoms with Crippen molar-refractivity contribution >= 4 is 11.5 Å². The summed E-state index contributed by atoms with van der Waals surface area (Å²) in [6, 6.07) is 9.92. The van der Waals surface area contributed by atoms with Gasteiger partial charge in [0.1, 0.15) is 11.5 Å². The lowest BCUT2D eigenvalue weighted by Crippen LogP contribution is -2.24. The van der Waals surface area contributed by atoms with Crippen LogP contribution in [-0.2, 0) is 14.9 Å². The third-order valence-corrected chi connectivity index (χ3v) is 6.44. The molecule has 0 fully saturated rings. The fourth-order valence-electron chi connectivity index (χ4n) is 4.11. The van der Waals surface area contributed by atoms with Gasteiger partial charge in [0, 0.05) is 0 Å². The summed E-state index contributed by atoms with van der Waals surface area (Å²) in [7, 11) is 0. The second kappa shape index (κ2) is 11.8. The maximum absolute atomic E-state index is 12.3. The summed E-state index contributed by atoms with van der Waals surface area (Å²) in [6.07, 6.45) is 5.75. The minimum atomic E-state index is -0.625. The quantitative estimate of drug-likeness (QED) is 0.199. The number of carbonyl (C=O) groups excluding carboxylic acids is 1. The van der Waals surface area contributed by atoms with Gasteiger partial charge in [0.25, 0.3) is 0 Å². The van der Waals surface area contributed by atoms with E-state index in [1.54, 1.807) is 20.8 Å². The van der Waals surface area contributed by atoms with Gasteiger partial charge in [-0.2, -0.15) is 0 Å². The van der Waals surface area contributed by atoms with Crippen LogP contribution in [0.25, 0.3) is 16.7 Å². The molecular formula is C31H44O4. The molecule has 4 nitrogen and oxygen atoms in total. The Hall–Kier alpha value is -2.75. The van der Waals surface area contributed by atoms with E-state index in [2.05, 4.69) is 27.4 Å². The van der Waals surface area contributed by atoms with Crippen LogP contribution in [0.5, 0.6) is 11.5 Å². The lowest BCUT2D eigenvalue weighted by atomic mass is 9.78. The Morgan fingerprint density at radius 2 is 1.71 bits per heavy atom. The monoisotopic (exact) mass is 480 g/mol. The molecule has 2 rings (SSSR count). The Morgan fingerprint density at radius 3 is 2.31 bits per heavy atom. The van der Waals surface area contributed by atoms with Crippen LogP contribution in [-0.4, -0.2) is 17.9 Å². The number of hydrogen-bond acceptors (Lipinski definition) is 4. The summed E-state index contributed by atoms with van der Waals surface area (Å²) < 4.78 is 11.5. The van der Waals surface area contributed by atoms with Gasteiger partial charge in [-0.3, -0.25) is 4.79 Å². The van der Waals surface area contributed by atoms with E-state index in [9.17, 15) is 9.90 Å². The number of aromatic hydroxyl groups is 1.